The van der Waals surface area contributed by atoms with Crippen LogP contribution in [0.25, 0.3) is 0 Å². The Kier molecular flexibility index (Phi) is 4.55. The molecule has 2 rings (SSSR count). The Bertz CT molecular complexity index is 547. The number of carbonyl (C=O) groups excluding carboxylic acids is 2. The maximum absolute atomic E-state index is 12.2. The number of nitrogens with zero attached hydrogens (tertiary/aromatic N) is 1. The number of rotatable bonds is 3. The highest BCUT2D eigenvalue weighted by molar-refractivity contribution is 5.97. The minimum atomic E-state index is -0.625. The molecule has 0 spiro atoms. The maximum Gasteiger partial charge on any atom is 0.257 e. The molecule has 1 saturated heterocycles. The molecule has 0 aliphatic carbocycles. The minimum Gasteiger partial charge on any atom is -0.367 e. The first-order valence-corrected chi connectivity index (χ1v) is 6.86. The third kappa shape index (κ3) is 3.26. The quantitative estimate of drug-likeness (QED) is 0.844. The van der Waals surface area contributed by atoms with Crippen molar-refractivity contribution in [2.24, 2.45) is 0 Å². The molecule has 1 aromatic heterocycles. The van der Waals surface area contributed by atoms with Gasteiger partial charge in [-0.3, -0.25) is 14.4 Å². The lowest BCUT2D eigenvalue weighted by atomic mass is 10.1. The van der Waals surface area contributed by atoms with E-state index in [1.54, 1.807) is 11.8 Å². The van der Waals surface area contributed by atoms with E-state index in [2.05, 4.69) is 10.3 Å². The van der Waals surface area contributed by atoms with E-state index in [1.807, 2.05) is 0 Å². The van der Waals surface area contributed by atoms with Gasteiger partial charge >= 0.3 is 0 Å². The number of likely N-dealkylation sites (tertiary alicyclic amines) is 1. The second-order valence-electron chi connectivity index (χ2n) is 5.00. The number of hydrogen-bond donors (Lipinski definition) is 2. The predicted octanol–water partition coefficient (Wildman–Crippen LogP) is 0.506. The van der Waals surface area contributed by atoms with Crippen LogP contribution in [0.1, 0.15) is 36.5 Å². The van der Waals surface area contributed by atoms with Crippen LogP contribution in [0.4, 0.5) is 0 Å². The van der Waals surface area contributed by atoms with Gasteiger partial charge in [-0.05, 0) is 26.2 Å². The highest BCUT2D eigenvalue weighted by Crippen LogP contribution is 2.10. The number of piperidine rings is 1. The molecule has 2 N–H and O–H groups in total. The number of carbonyl (C=O) groups is 2. The SMILES string of the molecule is CC(NC(=O)c1c[nH]ccc1=O)C(=O)N1CCCCC1. The van der Waals surface area contributed by atoms with Gasteiger partial charge in [-0.15, -0.1) is 0 Å². The van der Waals surface area contributed by atoms with Gasteiger partial charge in [-0.25, -0.2) is 0 Å². The minimum absolute atomic E-state index is 0.0193. The van der Waals surface area contributed by atoms with E-state index in [0.717, 1.165) is 32.4 Å². The summed E-state index contributed by atoms with van der Waals surface area (Å²) in [5.74, 6) is -0.616. The Morgan fingerprint density at radius 2 is 2.00 bits per heavy atom. The molecule has 2 amide bonds. The molecule has 6 nitrogen and oxygen atoms in total. The number of aromatic amines is 1. The number of amides is 2. The fourth-order valence-corrected chi connectivity index (χ4v) is 2.32. The van der Waals surface area contributed by atoms with Gasteiger partial charge in [-0.2, -0.15) is 0 Å². The molecular formula is C14H19N3O3. The van der Waals surface area contributed by atoms with Gasteiger partial charge < -0.3 is 15.2 Å². The van der Waals surface area contributed by atoms with Crippen LogP contribution in [0.2, 0.25) is 0 Å². The summed E-state index contributed by atoms with van der Waals surface area (Å²) in [6.07, 6.45) is 5.95. The smallest absolute Gasteiger partial charge is 0.257 e. The Morgan fingerprint density at radius 3 is 2.65 bits per heavy atom. The summed E-state index contributed by atoms with van der Waals surface area (Å²) < 4.78 is 0. The molecule has 0 saturated carbocycles. The number of H-pyrrole nitrogens is 1. The van der Waals surface area contributed by atoms with Gasteiger partial charge in [0.25, 0.3) is 5.91 Å². The number of aromatic nitrogens is 1. The number of nitrogens with one attached hydrogen (secondary N) is 2. The molecule has 1 aromatic rings. The Hall–Kier alpha value is -2.11. The Morgan fingerprint density at radius 1 is 1.30 bits per heavy atom. The molecule has 0 radical (unpaired) electrons. The van der Waals surface area contributed by atoms with Crippen LogP contribution < -0.4 is 10.7 Å². The van der Waals surface area contributed by atoms with Crippen molar-refractivity contribution in [3.8, 4) is 0 Å². The fourth-order valence-electron chi connectivity index (χ4n) is 2.32. The standard InChI is InChI=1S/C14H19N3O3/c1-10(14(20)17-7-3-2-4-8-17)16-13(19)11-9-15-6-5-12(11)18/h5-6,9-10H,2-4,7-8H2,1H3,(H,15,18)(H,16,19). The van der Waals surface area contributed by atoms with E-state index >= 15 is 0 Å². The van der Waals surface area contributed by atoms with Crippen LogP contribution in [0.15, 0.2) is 23.3 Å². The summed E-state index contributed by atoms with van der Waals surface area (Å²) in [7, 11) is 0. The topological polar surface area (TPSA) is 82.3 Å². The van der Waals surface area contributed by atoms with Crippen molar-refractivity contribution < 1.29 is 9.59 Å². The Balaban J connectivity index is 1.98. The largest absolute Gasteiger partial charge is 0.367 e. The summed E-state index contributed by atoms with van der Waals surface area (Å²) in [6.45, 7) is 3.13. The van der Waals surface area contributed by atoms with Gasteiger partial charge in [0, 0.05) is 31.5 Å². The summed E-state index contributed by atoms with van der Waals surface area (Å²) in [5.41, 5.74) is -0.343. The van der Waals surface area contributed by atoms with E-state index in [1.165, 1.54) is 18.5 Å². The third-order valence-corrected chi connectivity index (χ3v) is 3.45. The highest BCUT2D eigenvalue weighted by Gasteiger charge is 2.24. The van der Waals surface area contributed by atoms with E-state index < -0.39 is 11.9 Å². The average molecular weight is 277 g/mol. The zero-order valence-corrected chi connectivity index (χ0v) is 11.5. The first kappa shape index (κ1) is 14.3. The van der Waals surface area contributed by atoms with Crippen molar-refractivity contribution in [3.05, 3.63) is 34.2 Å². The van der Waals surface area contributed by atoms with Gasteiger partial charge in [0.05, 0.1) is 0 Å². The maximum atomic E-state index is 12.2. The van der Waals surface area contributed by atoms with Gasteiger partial charge in [0.2, 0.25) is 5.91 Å². The molecule has 1 aliphatic heterocycles. The van der Waals surface area contributed by atoms with Crippen molar-refractivity contribution in [2.45, 2.75) is 32.2 Å². The van der Waals surface area contributed by atoms with E-state index in [4.69, 9.17) is 0 Å². The second kappa shape index (κ2) is 6.36. The third-order valence-electron chi connectivity index (χ3n) is 3.45. The van der Waals surface area contributed by atoms with Crippen LogP contribution in [0, 0.1) is 0 Å². The van der Waals surface area contributed by atoms with Gasteiger partial charge in [0.15, 0.2) is 5.43 Å². The van der Waals surface area contributed by atoms with E-state index in [-0.39, 0.29) is 16.9 Å². The van der Waals surface area contributed by atoms with Crippen LogP contribution >= 0.6 is 0 Å². The lowest BCUT2D eigenvalue weighted by Gasteiger charge is -2.29. The first-order valence-electron chi connectivity index (χ1n) is 6.86. The lowest BCUT2D eigenvalue weighted by Crippen LogP contribution is -2.49. The second-order valence-corrected chi connectivity index (χ2v) is 5.00. The van der Waals surface area contributed by atoms with Crippen LogP contribution in [-0.2, 0) is 4.79 Å². The zero-order chi connectivity index (χ0) is 14.5. The molecule has 0 bridgehead atoms. The van der Waals surface area contributed by atoms with Crippen LogP contribution in [0.5, 0.6) is 0 Å². The highest BCUT2D eigenvalue weighted by atomic mass is 16.2. The normalized spacial score (nSPS) is 16.6. The van der Waals surface area contributed by atoms with Crippen LogP contribution in [0.3, 0.4) is 0 Å². The Labute approximate surface area is 117 Å². The summed E-state index contributed by atoms with van der Waals surface area (Å²) in [5, 5.41) is 2.58. The summed E-state index contributed by atoms with van der Waals surface area (Å²) >= 11 is 0. The summed E-state index contributed by atoms with van der Waals surface area (Å²) in [4.78, 5) is 40.1. The van der Waals surface area contributed by atoms with Crippen LogP contribution in [-0.4, -0.2) is 40.8 Å². The predicted molar refractivity (Wildman–Crippen MR) is 74.4 cm³/mol. The van der Waals surface area contributed by atoms with Crippen molar-refractivity contribution in [1.82, 2.24) is 15.2 Å². The zero-order valence-electron chi connectivity index (χ0n) is 11.5. The molecule has 6 heteroatoms. The summed E-state index contributed by atoms with van der Waals surface area (Å²) in [6, 6.07) is 0.659. The monoisotopic (exact) mass is 277 g/mol. The van der Waals surface area contributed by atoms with Gasteiger partial charge in [0.1, 0.15) is 11.6 Å². The average Bonchev–Trinajstić information content (AvgIpc) is 2.47. The fraction of sp³-hybridized carbons (Fsp3) is 0.500. The molecular weight excluding hydrogens is 258 g/mol. The van der Waals surface area contributed by atoms with Crippen molar-refractivity contribution in [2.75, 3.05) is 13.1 Å². The number of pyridine rings is 1. The van der Waals surface area contributed by atoms with E-state index in [9.17, 15) is 14.4 Å². The molecule has 108 valence electrons. The van der Waals surface area contributed by atoms with Crippen molar-refractivity contribution in [1.29, 1.82) is 0 Å². The molecule has 2 heterocycles. The molecule has 1 aliphatic rings. The molecule has 1 atom stereocenters. The molecule has 20 heavy (non-hydrogen) atoms. The molecule has 1 unspecified atom stereocenters. The first-order chi connectivity index (χ1) is 9.59. The molecule has 1 fully saturated rings. The number of hydrogen-bond acceptors (Lipinski definition) is 3. The van der Waals surface area contributed by atoms with Gasteiger partial charge in [-0.1, -0.05) is 0 Å². The van der Waals surface area contributed by atoms with Crippen molar-refractivity contribution >= 4 is 11.8 Å². The lowest BCUT2D eigenvalue weighted by molar-refractivity contribution is -0.133. The van der Waals surface area contributed by atoms with Crippen molar-refractivity contribution in [3.63, 3.8) is 0 Å². The van der Waals surface area contributed by atoms with E-state index in [0.29, 0.717) is 0 Å². The molecule has 0 aromatic carbocycles.